The molecule has 1 unspecified atom stereocenters. The molecule has 0 aromatic heterocycles. The molecule has 0 spiro atoms. The molecule has 0 saturated carbocycles. The molecule has 0 heterocycles. The van der Waals surface area contributed by atoms with Crippen molar-refractivity contribution in [3.05, 3.63) is 36.5 Å². The predicted octanol–water partition coefficient (Wildman–Crippen LogP) is 22.0. The Morgan fingerprint density at radius 1 is 0.274 bits per heavy atom. The second kappa shape index (κ2) is 62.2. The molecule has 0 bridgehead atoms. The number of hydrogen-bond acceptors (Lipinski definition) is 6. The van der Waals surface area contributed by atoms with Gasteiger partial charge in [-0.05, 0) is 70.6 Å². The van der Waals surface area contributed by atoms with E-state index in [-0.39, 0.29) is 31.1 Å². The van der Waals surface area contributed by atoms with Crippen LogP contribution >= 0.6 is 0 Å². The third kappa shape index (κ3) is 60.4. The highest BCUT2D eigenvalue weighted by Crippen LogP contribution is 2.18. The van der Waals surface area contributed by atoms with Crippen LogP contribution in [-0.4, -0.2) is 37.2 Å². The number of allylic oxidation sites excluding steroid dienone is 6. The highest BCUT2D eigenvalue weighted by atomic mass is 16.6. The van der Waals surface area contributed by atoms with Gasteiger partial charge in [0.15, 0.2) is 6.10 Å². The van der Waals surface area contributed by atoms with E-state index in [2.05, 4.69) is 57.2 Å². The standard InChI is InChI=1S/C67H124O6/c1-4-7-10-13-16-19-22-25-28-30-32-33-34-35-36-38-39-42-45-48-51-54-57-60-66(69)72-63-64(62-71-65(68)59-56-53-50-47-44-41-27-24-21-18-15-12-9-6-3)73-67(70)61-58-55-52-49-46-43-40-37-31-29-26-23-20-17-14-11-8-5-2/h15,18,24,27,29,31,64H,4-14,16-17,19-23,25-26,28,30,32-63H2,1-3H3/b18-15-,27-24-,31-29-. The van der Waals surface area contributed by atoms with Crippen LogP contribution in [0, 0.1) is 0 Å². The largest absolute Gasteiger partial charge is 0.462 e. The van der Waals surface area contributed by atoms with Crippen LogP contribution in [0.3, 0.4) is 0 Å². The summed E-state index contributed by atoms with van der Waals surface area (Å²) >= 11 is 0. The van der Waals surface area contributed by atoms with E-state index >= 15 is 0 Å². The van der Waals surface area contributed by atoms with Crippen LogP contribution in [0.15, 0.2) is 36.5 Å². The van der Waals surface area contributed by atoms with Crippen molar-refractivity contribution in [3.63, 3.8) is 0 Å². The first kappa shape index (κ1) is 70.6. The highest BCUT2D eigenvalue weighted by molar-refractivity contribution is 5.71. The molecule has 0 rings (SSSR count). The van der Waals surface area contributed by atoms with Gasteiger partial charge in [0.25, 0.3) is 0 Å². The average Bonchev–Trinajstić information content (AvgIpc) is 3.39. The van der Waals surface area contributed by atoms with E-state index in [1.54, 1.807) is 0 Å². The summed E-state index contributed by atoms with van der Waals surface area (Å²) in [7, 11) is 0. The van der Waals surface area contributed by atoms with Crippen LogP contribution in [-0.2, 0) is 28.6 Å². The number of rotatable bonds is 60. The SMILES string of the molecule is CCCC/C=C\C/C=C\CCCCCCCC(=O)OCC(COC(=O)CCCCCCCCCCCCCCCCCCCCCCCCC)OC(=O)CCCCCCCCC/C=C\CCCCCCCCC. The zero-order valence-electron chi connectivity index (χ0n) is 49.2. The maximum absolute atomic E-state index is 12.9. The minimum Gasteiger partial charge on any atom is -0.462 e. The molecular weight excluding hydrogens is 901 g/mol. The summed E-state index contributed by atoms with van der Waals surface area (Å²) in [5.74, 6) is -0.870. The van der Waals surface area contributed by atoms with E-state index in [4.69, 9.17) is 14.2 Å². The molecule has 0 radical (unpaired) electrons. The van der Waals surface area contributed by atoms with E-state index in [1.165, 1.54) is 238 Å². The topological polar surface area (TPSA) is 78.9 Å². The molecule has 0 amide bonds. The van der Waals surface area contributed by atoms with Crippen molar-refractivity contribution in [1.82, 2.24) is 0 Å². The van der Waals surface area contributed by atoms with Crippen molar-refractivity contribution < 1.29 is 28.6 Å². The fourth-order valence-electron chi connectivity index (χ4n) is 9.69. The number of carbonyl (C=O) groups is 3. The molecule has 6 heteroatoms. The molecule has 0 aromatic rings. The monoisotopic (exact) mass is 1020 g/mol. The summed E-state index contributed by atoms with van der Waals surface area (Å²) in [5, 5.41) is 0. The molecule has 0 saturated heterocycles. The Hall–Kier alpha value is -2.37. The first-order valence-electron chi connectivity index (χ1n) is 32.5. The zero-order valence-corrected chi connectivity index (χ0v) is 49.2. The average molecular weight is 1030 g/mol. The van der Waals surface area contributed by atoms with Crippen molar-refractivity contribution >= 4 is 17.9 Å². The van der Waals surface area contributed by atoms with Crippen molar-refractivity contribution in [2.75, 3.05) is 13.2 Å². The molecule has 0 N–H and O–H groups in total. The molecule has 0 aliphatic heterocycles. The smallest absolute Gasteiger partial charge is 0.306 e. The van der Waals surface area contributed by atoms with Gasteiger partial charge in [0.1, 0.15) is 13.2 Å². The Kier molecular flexibility index (Phi) is 60.2. The second-order valence-corrected chi connectivity index (χ2v) is 22.0. The van der Waals surface area contributed by atoms with E-state index in [1.807, 2.05) is 0 Å². The van der Waals surface area contributed by atoms with Gasteiger partial charge in [-0.2, -0.15) is 0 Å². The van der Waals surface area contributed by atoms with Gasteiger partial charge < -0.3 is 14.2 Å². The van der Waals surface area contributed by atoms with E-state index in [0.29, 0.717) is 19.3 Å². The summed E-state index contributed by atoms with van der Waals surface area (Å²) in [6.07, 6.45) is 75.8. The minimum absolute atomic E-state index is 0.0743. The van der Waals surface area contributed by atoms with Crippen LogP contribution in [0.1, 0.15) is 355 Å². The number of ether oxygens (including phenoxy) is 3. The molecule has 428 valence electrons. The number of esters is 3. The summed E-state index contributed by atoms with van der Waals surface area (Å²) in [4.78, 5) is 38.3. The van der Waals surface area contributed by atoms with Crippen LogP contribution in [0.2, 0.25) is 0 Å². The first-order valence-corrected chi connectivity index (χ1v) is 32.5. The van der Waals surface area contributed by atoms with E-state index in [0.717, 1.165) is 77.0 Å². The van der Waals surface area contributed by atoms with E-state index in [9.17, 15) is 14.4 Å². The van der Waals surface area contributed by atoms with Crippen molar-refractivity contribution in [3.8, 4) is 0 Å². The number of carbonyl (C=O) groups excluding carboxylic acids is 3. The van der Waals surface area contributed by atoms with Gasteiger partial charge in [0.05, 0.1) is 0 Å². The second-order valence-electron chi connectivity index (χ2n) is 22.0. The third-order valence-electron chi connectivity index (χ3n) is 14.6. The highest BCUT2D eigenvalue weighted by Gasteiger charge is 2.19. The molecule has 73 heavy (non-hydrogen) atoms. The maximum atomic E-state index is 12.9. The van der Waals surface area contributed by atoms with Crippen molar-refractivity contribution in [1.29, 1.82) is 0 Å². The predicted molar refractivity (Wildman–Crippen MR) is 316 cm³/mol. The fourth-order valence-corrected chi connectivity index (χ4v) is 9.69. The summed E-state index contributed by atoms with van der Waals surface area (Å²) in [6, 6.07) is 0. The van der Waals surface area contributed by atoms with Crippen molar-refractivity contribution in [2.45, 2.75) is 361 Å². The Balaban J connectivity index is 4.28. The van der Waals surface area contributed by atoms with Gasteiger partial charge in [-0.3, -0.25) is 14.4 Å². The lowest BCUT2D eigenvalue weighted by Crippen LogP contribution is -2.30. The summed E-state index contributed by atoms with van der Waals surface area (Å²) in [5.41, 5.74) is 0. The Bertz CT molecular complexity index is 1220. The van der Waals surface area contributed by atoms with Gasteiger partial charge in [-0.15, -0.1) is 0 Å². The lowest BCUT2D eigenvalue weighted by atomic mass is 10.0. The van der Waals surface area contributed by atoms with Crippen LogP contribution in [0.25, 0.3) is 0 Å². The molecule has 0 aromatic carbocycles. The number of hydrogen-bond donors (Lipinski definition) is 0. The quantitative estimate of drug-likeness (QED) is 0.0261. The van der Waals surface area contributed by atoms with Gasteiger partial charge >= 0.3 is 17.9 Å². The lowest BCUT2D eigenvalue weighted by molar-refractivity contribution is -0.167. The van der Waals surface area contributed by atoms with Gasteiger partial charge in [-0.25, -0.2) is 0 Å². The Labute approximate surface area is 455 Å². The van der Waals surface area contributed by atoms with Crippen molar-refractivity contribution in [2.24, 2.45) is 0 Å². The maximum Gasteiger partial charge on any atom is 0.306 e. The Morgan fingerprint density at radius 2 is 0.507 bits per heavy atom. The van der Waals surface area contributed by atoms with Crippen LogP contribution in [0.4, 0.5) is 0 Å². The van der Waals surface area contributed by atoms with Crippen LogP contribution in [0.5, 0.6) is 0 Å². The minimum atomic E-state index is -0.778. The van der Waals surface area contributed by atoms with Gasteiger partial charge in [-0.1, -0.05) is 301 Å². The normalized spacial score (nSPS) is 12.2. The molecule has 0 aliphatic carbocycles. The third-order valence-corrected chi connectivity index (χ3v) is 14.6. The first-order chi connectivity index (χ1) is 36.0. The molecule has 0 aliphatic rings. The van der Waals surface area contributed by atoms with E-state index < -0.39 is 6.10 Å². The molecule has 0 fully saturated rings. The van der Waals surface area contributed by atoms with Crippen LogP contribution < -0.4 is 0 Å². The summed E-state index contributed by atoms with van der Waals surface area (Å²) < 4.78 is 16.9. The Morgan fingerprint density at radius 3 is 0.808 bits per heavy atom. The van der Waals surface area contributed by atoms with Gasteiger partial charge in [0, 0.05) is 19.3 Å². The zero-order chi connectivity index (χ0) is 52.9. The lowest BCUT2D eigenvalue weighted by Gasteiger charge is -2.18. The van der Waals surface area contributed by atoms with Gasteiger partial charge in [0.2, 0.25) is 0 Å². The summed E-state index contributed by atoms with van der Waals surface area (Å²) in [6.45, 7) is 6.64. The molecular formula is C67H124O6. The molecule has 1 atom stereocenters. The molecule has 6 nitrogen and oxygen atoms in total. The number of unbranched alkanes of at least 4 members (excludes halogenated alkanes) is 43. The fraction of sp³-hybridized carbons (Fsp3) is 0.866.